The number of benzene rings is 1. The SMILES string of the molecule is CC1CSCCN1C(=O)c1ccc(N)c(Cl)c1. The average Bonchev–Trinajstić information content (AvgIpc) is 2.32. The van der Waals surface area contributed by atoms with Crippen LogP contribution >= 0.6 is 23.4 Å². The molecule has 3 nitrogen and oxygen atoms in total. The Morgan fingerprint density at radius 1 is 1.59 bits per heavy atom. The molecule has 0 aliphatic carbocycles. The molecular weight excluding hydrogens is 256 g/mol. The van der Waals surface area contributed by atoms with Crippen LogP contribution in [0.25, 0.3) is 0 Å². The van der Waals surface area contributed by atoms with Crippen molar-refractivity contribution in [1.29, 1.82) is 0 Å². The Kier molecular flexibility index (Phi) is 3.84. The Bertz CT molecular complexity index is 439. The van der Waals surface area contributed by atoms with Crippen LogP contribution in [-0.4, -0.2) is 34.9 Å². The van der Waals surface area contributed by atoms with E-state index in [-0.39, 0.29) is 11.9 Å². The second-order valence-corrected chi connectivity index (χ2v) is 5.72. The van der Waals surface area contributed by atoms with Gasteiger partial charge in [-0.3, -0.25) is 4.79 Å². The Morgan fingerprint density at radius 2 is 2.35 bits per heavy atom. The molecule has 17 heavy (non-hydrogen) atoms. The van der Waals surface area contributed by atoms with Crippen LogP contribution < -0.4 is 5.73 Å². The number of anilines is 1. The summed E-state index contributed by atoms with van der Waals surface area (Å²) in [5, 5.41) is 0.440. The van der Waals surface area contributed by atoms with Gasteiger partial charge in [-0.1, -0.05) is 11.6 Å². The maximum absolute atomic E-state index is 12.3. The molecule has 1 unspecified atom stereocenters. The molecule has 1 fully saturated rings. The van der Waals surface area contributed by atoms with Crippen molar-refractivity contribution in [2.75, 3.05) is 23.8 Å². The molecule has 0 saturated carbocycles. The highest BCUT2D eigenvalue weighted by Gasteiger charge is 2.24. The molecule has 1 aromatic rings. The number of carbonyl (C=O) groups is 1. The van der Waals surface area contributed by atoms with E-state index in [4.69, 9.17) is 17.3 Å². The minimum Gasteiger partial charge on any atom is -0.398 e. The van der Waals surface area contributed by atoms with Crippen molar-refractivity contribution in [3.63, 3.8) is 0 Å². The van der Waals surface area contributed by atoms with Gasteiger partial charge < -0.3 is 10.6 Å². The van der Waals surface area contributed by atoms with Crippen molar-refractivity contribution in [2.45, 2.75) is 13.0 Å². The van der Waals surface area contributed by atoms with Gasteiger partial charge in [0.2, 0.25) is 0 Å². The van der Waals surface area contributed by atoms with Crippen LogP contribution in [-0.2, 0) is 0 Å². The highest BCUT2D eigenvalue weighted by molar-refractivity contribution is 7.99. The third kappa shape index (κ3) is 2.69. The van der Waals surface area contributed by atoms with E-state index in [1.165, 1.54) is 0 Å². The molecule has 1 aromatic carbocycles. The van der Waals surface area contributed by atoms with Crippen molar-refractivity contribution in [2.24, 2.45) is 0 Å². The summed E-state index contributed by atoms with van der Waals surface area (Å²) in [6, 6.07) is 5.34. The number of carbonyl (C=O) groups excluding carboxylic acids is 1. The third-order valence-corrected chi connectivity index (χ3v) is 4.39. The van der Waals surface area contributed by atoms with Gasteiger partial charge in [-0.15, -0.1) is 0 Å². The van der Waals surface area contributed by atoms with E-state index in [1.54, 1.807) is 18.2 Å². The number of hydrogen-bond donors (Lipinski definition) is 1. The average molecular weight is 271 g/mol. The van der Waals surface area contributed by atoms with Gasteiger partial charge in [0.1, 0.15) is 0 Å². The second-order valence-electron chi connectivity index (χ2n) is 4.16. The van der Waals surface area contributed by atoms with Crippen molar-refractivity contribution in [3.05, 3.63) is 28.8 Å². The molecule has 0 bridgehead atoms. The molecule has 1 aliphatic rings. The van der Waals surface area contributed by atoms with Crippen LogP contribution in [0.4, 0.5) is 5.69 Å². The summed E-state index contributed by atoms with van der Waals surface area (Å²) < 4.78 is 0. The molecule has 0 aromatic heterocycles. The first-order chi connectivity index (χ1) is 8.09. The Labute approximate surface area is 110 Å². The molecule has 1 atom stereocenters. The van der Waals surface area contributed by atoms with Gasteiger partial charge in [0.05, 0.1) is 10.7 Å². The predicted molar refractivity (Wildman–Crippen MR) is 73.7 cm³/mol. The normalized spacial score (nSPS) is 20.4. The molecule has 2 N–H and O–H groups in total. The minimum atomic E-state index is 0.0414. The first kappa shape index (κ1) is 12.6. The van der Waals surface area contributed by atoms with Crippen LogP contribution in [0.1, 0.15) is 17.3 Å². The quantitative estimate of drug-likeness (QED) is 0.798. The zero-order valence-electron chi connectivity index (χ0n) is 9.65. The zero-order chi connectivity index (χ0) is 12.4. The highest BCUT2D eigenvalue weighted by Crippen LogP contribution is 2.23. The molecule has 2 rings (SSSR count). The lowest BCUT2D eigenvalue weighted by Crippen LogP contribution is -2.44. The summed E-state index contributed by atoms with van der Waals surface area (Å²) in [6.07, 6.45) is 0. The summed E-state index contributed by atoms with van der Waals surface area (Å²) >= 11 is 7.82. The van der Waals surface area contributed by atoms with E-state index in [2.05, 4.69) is 6.92 Å². The summed E-state index contributed by atoms with van der Waals surface area (Å²) in [4.78, 5) is 14.2. The summed E-state index contributed by atoms with van der Waals surface area (Å²) in [7, 11) is 0. The van der Waals surface area contributed by atoms with E-state index >= 15 is 0 Å². The Hall–Kier alpha value is -0.870. The lowest BCUT2D eigenvalue weighted by atomic mass is 10.1. The first-order valence-electron chi connectivity index (χ1n) is 5.53. The Balaban J connectivity index is 2.21. The van der Waals surface area contributed by atoms with Crippen LogP contribution in [0.5, 0.6) is 0 Å². The topological polar surface area (TPSA) is 46.3 Å². The van der Waals surface area contributed by atoms with Gasteiger partial charge in [0, 0.05) is 29.7 Å². The van der Waals surface area contributed by atoms with Crippen molar-refractivity contribution < 1.29 is 4.79 Å². The van der Waals surface area contributed by atoms with Gasteiger partial charge in [-0.05, 0) is 25.1 Å². The van der Waals surface area contributed by atoms with Crippen molar-refractivity contribution in [3.8, 4) is 0 Å². The van der Waals surface area contributed by atoms with Gasteiger partial charge >= 0.3 is 0 Å². The highest BCUT2D eigenvalue weighted by atomic mass is 35.5. The van der Waals surface area contributed by atoms with Crippen LogP contribution in [0.3, 0.4) is 0 Å². The van der Waals surface area contributed by atoms with Gasteiger partial charge in [-0.25, -0.2) is 0 Å². The molecule has 0 spiro atoms. The number of nitrogen functional groups attached to an aromatic ring is 1. The van der Waals surface area contributed by atoms with Gasteiger partial charge in [0.15, 0.2) is 0 Å². The third-order valence-electron chi connectivity index (χ3n) is 2.88. The van der Waals surface area contributed by atoms with Crippen LogP contribution in [0, 0.1) is 0 Å². The maximum atomic E-state index is 12.3. The number of nitrogens with two attached hydrogens (primary N) is 1. The van der Waals surface area contributed by atoms with Crippen LogP contribution in [0.2, 0.25) is 5.02 Å². The second kappa shape index (κ2) is 5.19. The van der Waals surface area contributed by atoms with E-state index in [1.807, 2.05) is 16.7 Å². The fraction of sp³-hybridized carbons (Fsp3) is 0.417. The molecule has 92 valence electrons. The number of hydrogen-bond acceptors (Lipinski definition) is 3. The molecule has 1 saturated heterocycles. The van der Waals surface area contributed by atoms with E-state index in [0.717, 1.165) is 18.1 Å². The fourth-order valence-corrected chi connectivity index (χ4v) is 3.05. The molecule has 1 amide bonds. The number of nitrogens with zero attached hydrogens (tertiary/aromatic N) is 1. The monoisotopic (exact) mass is 270 g/mol. The zero-order valence-corrected chi connectivity index (χ0v) is 11.2. The van der Waals surface area contributed by atoms with Crippen molar-refractivity contribution >= 4 is 35.0 Å². The fourth-order valence-electron chi connectivity index (χ4n) is 1.85. The van der Waals surface area contributed by atoms with Crippen LogP contribution in [0.15, 0.2) is 18.2 Å². The lowest BCUT2D eigenvalue weighted by Gasteiger charge is -2.33. The number of rotatable bonds is 1. The first-order valence-corrected chi connectivity index (χ1v) is 7.06. The van der Waals surface area contributed by atoms with E-state index < -0.39 is 0 Å². The standard InChI is InChI=1S/C12H15ClN2OS/c1-8-7-17-5-4-15(8)12(16)9-2-3-11(14)10(13)6-9/h2-3,6,8H,4-5,7,14H2,1H3. The molecule has 1 aliphatic heterocycles. The summed E-state index contributed by atoms with van der Waals surface area (Å²) in [5.41, 5.74) is 6.75. The van der Waals surface area contributed by atoms with E-state index in [9.17, 15) is 4.79 Å². The lowest BCUT2D eigenvalue weighted by molar-refractivity contribution is 0.0716. The largest absolute Gasteiger partial charge is 0.398 e. The van der Waals surface area contributed by atoms with Crippen molar-refractivity contribution in [1.82, 2.24) is 4.90 Å². The summed E-state index contributed by atoms with van der Waals surface area (Å²) in [5.74, 6) is 2.03. The van der Waals surface area contributed by atoms with Gasteiger partial charge in [0.25, 0.3) is 5.91 Å². The molecule has 0 radical (unpaired) electrons. The Morgan fingerprint density at radius 3 is 3.00 bits per heavy atom. The molecule has 1 heterocycles. The maximum Gasteiger partial charge on any atom is 0.254 e. The number of halogens is 1. The minimum absolute atomic E-state index is 0.0414. The van der Waals surface area contributed by atoms with E-state index in [0.29, 0.717) is 16.3 Å². The smallest absolute Gasteiger partial charge is 0.254 e. The number of amides is 1. The molecule has 5 heteroatoms. The van der Waals surface area contributed by atoms with Gasteiger partial charge in [-0.2, -0.15) is 11.8 Å². The summed E-state index contributed by atoms with van der Waals surface area (Å²) in [6.45, 7) is 2.87. The number of thioether (sulfide) groups is 1. The molecular formula is C12H15ClN2OS. The predicted octanol–water partition coefficient (Wildman–Crippen LogP) is 2.50.